The Kier molecular flexibility index (Phi) is 7.53. The zero-order valence-electron chi connectivity index (χ0n) is 12.8. The predicted octanol–water partition coefficient (Wildman–Crippen LogP) is 2.73. The third-order valence-corrected chi connectivity index (χ3v) is 3.05. The van der Waals surface area contributed by atoms with E-state index in [1.165, 1.54) is 12.0 Å². The van der Waals surface area contributed by atoms with Gasteiger partial charge in [0.15, 0.2) is 0 Å². The smallest absolute Gasteiger partial charge is 0.119 e. The summed E-state index contributed by atoms with van der Waals surface area (Å²) in [6, 6.07) is 8.40. The third kappa shape index (κ3) is 7.19. The quantitative estimate of drug-likeness (QED) is 0.694. The first-order valence-electron chi connectivity index (χ1n) is 7.18. The highest BCUT2D eigenvalue weighted by molar-refractivity contribution is 5.28. The van der Waals surface area contributed by atoms with Crippen molar-refractivity contribution in [1.29, 1.82) is 0 Å². The van der Waals surface area contributed by atoms with Crippen LogP contribution in [0.15, 0.2) is 24.3 Å². The Balaban J connectivity index is 2.09. The molecule has 1 rings (SSSR count). The van der Waals surface area contributed by atoms with Gasteiger partial charge in [-0.2, -0.15) is 0 Å². The molecule has 0 fully saturated rings. The van der Waals surface area contributed by atoms with Gasteiger partial charge in [0, 0.05) is 6.54 Å². The zero-order chi connectivity index (χ0) is 14.1. The largest absolute Gasteiger partial charge is 0.492 e. The van der Waals surface area contributed by atoms with Gasteiger partial charge in [0.1, 0.15) is 12.4 Å². The minimum atomic E-state index is 0.576. The molecule has 0 aliphatic rings. The second-order valence-corrected chi connectivity index (χ2v) is 5.48. The van der Waals surface area contributed by atoms with E-state index in [2.05, 4.69) is 62.4 Å². The average molecular weight is 264 g/mol. The Hall–Kier alpha value is -1.06. The molecule has 3 heteroatoms. The first-order valence-corrected chi connectivity index (χ1v) is 7.18. The molecule has 0 saturated heterocycles. The highest BCUT2D eigenvalue weighted by Crippen LogP contribution is 2.18. The number of nitrogens with zero attached hydrogens (tertiary/aromatic N) is 1. The van der Waals surface area contributed by atoms with Crippen molar-refractivity contribution in [3.05, 3.63) is 29.8 Å². The van der Waals surface area contributed by atoms with E-state index in [4.69, 9.17) is 4.74 Å². The first kappa shape index (κ1) is 16.0. The molecule has 0 unspecified atom stereocenters. The standard InChI is InChI=1S/C16H28N2O/c1-14(2)15-6-8-16(9-7-15)19-13-11-17-10-5-12-18(3)4/h6-9,14,17H,5,10-13H2,1-4H3. The molecule has 0 radical (unpaired) electrons. The second-order valence-electron chi connectivity index (χ2n) is 5.48. The molecule has 19 heavy (non-hydrogen) atoms. The van der Waals surface area contributed by atoms with Crippen molar-refractivity contribution in [2.24, 2.45) is 0 Å². The van der Waals surface area contributed by atoms with Crippen molar-refractivity contribution < 1.29 is 4.74 Å². The van der Waals surface area contributed by atoms with Crippen LogP contribution in [0.4, 0.5) is 0 Å². The lowest BCUT2D eigenvalue weighted by molar-refractivity contribution is 0.311. The van der Waals surface area contributed by atoms with Crippen molar-refractivity contribution in [2.75, 3.05) is 40.3 Å². The topological polar surface area (TPSA) is 24.5 Å². The SMILES string of the molecule is CC(C)c1ccc(OCCNCCCN(C)C)cc1. The van der Waals surface area contributed by atoms with Gasteiger partial charge in [-0.05, 0) is 57.2 Å². The molecular weight excluding hydrogens is 236 g/mol. The second kappa shape index (κ2) is 8.94. The summed E-state index contributed by atoms with van der Waals surface area (Å²) in [5.74, 6) is 1.53. The minimum Gasteiger partial charge on any atom is -0.492 e. The normalized spacial score (nSPS) is 11.3. The molecule has 0 heterocycles. The predicted molar refractivity (Wildman–Crippen MR) is 82.1 cm³/mol. The van der Waals surface area contributed by atoms with Crippen LogP contribution in [0.2, 0.25) is 0 Å². The van der Waals surface area contributed by atoms with Crippen LogP contribution in [-0.4, -0.2) is 45.2 Å². The number of nitrogens with one attached hydrogen (secondary N) is 1. The van der Waals surface area contributed by atoms with E-state index in [1.54, 1.807) is 0 Å². The number of rotatable bonds is 9. The lowest BCUT2D eigenvalue weighted by Crippen LogP contribution is -2.25. The monoisotopic (exact) mass is 264 g/mol. The Labute approximate surface area is 118 Å². The van der Waals surface area contributed by atoms with Crippen LogP contribution in [0.1, 0.15) is 31.7 Å². The van der Waals surface area contributed by atoms with Gasteiger partial charge in [-0.1, -0.05) is 26.0 Å². The molecule has 0 aliphatic heterocycles. The summed E-state index contributed by atoms with van der Waals surface area (Å²) >= 11 is 0. The van der Waals surface area contributed by atoms with Gasteiger partial charge in [0.2, 0.25) is 0 Å². The molecule has 0 aliphatic carbocycles. The molecule has 0 aromatic heterocycles. The summed E-state index contributed by atoms with van der Waals surface area (Å²) < 4.78 is 5.70. The highest BCUT2D eigenvalue weighted by Gasteiger charge is 1.99. The summed E-state index contributed by atoms with van der Waals surface area (Å²) in [6.45, 7) is 8.21. The number of hydrogen-bond acceptors (Lipinski definition) is 3. The van der Waals surface area contributed by atoms with Crippen LogP contribution < -0.4 is 10.1 Å². The van der Waals surface area contributed by atoms with Crippen LogP contribution in [0.5, 0.6) is 5.75 Å². The number of hydrogen-bond donors (Lipinski definition) is 1. The Morgan fingerprint density at radius 1 is 1.11 bits per heavy atom. The van der Waals surface area contributed by atoms with Crippen molar-refractivity contribution in [3.8, 4) is 5.75 Å². The van der Waals surface area contributed by atoms with Crippen molar-refractivity contribution in [2.45, 2.75) is 26.2 Å². The van der Waals surface area contributed by atoms with Gasteiger partial charge in [-0.15, -0.1) is 0 Å². The van der Waals surface area contributed by atoms with Gasteiger partial charge < -0.3 is 15.0 Å². The summed E-state index contributed by atoms with van der Waals surface area (Å²) in [5.41, 5.74) is 1.36. The van der Waals surface area contributed by atoms with Crippen LogP contribution in [0.3, 0.4) is 0 Å². The van der Waals surface area contributed by atoms with Gasteiger partial charge in [-0.25, -0.2) is 0 Å². The molecule has 3 nitrogen and oxygen atoms in total. The lowest BCUT2D eigenvalue weighted by Gasteiger charge is -2.11. The average Bonchev–Trinajstić information content (AvgIpc) is 2.38. The van der Waals surface area contributed by atoms with Gasteiger partial charge >= 0.3 is 0 Å². The molecule has 0 spiro atoms. The summed E-state index contributed by atoms with van der Waals surface area (Å²) in [5, 5.41) is 3.39. The molecular formula is C16H28N2O. The minimum absolute atomic E-state index is 0.576. The summed E-state index contributed by atoms with van der Waals surface area (Å²) in [6.07, 6.45) is 1.18. The Bertz CT molecular complexity index is 333. The van der Waals surface area contributed by atoms with Crippen LogP contribution in [0.25, 0.3) is 0 Å². The maximum Gasteiger partial charge on any atom is 0.119 e. The third-order valence-electron chi connectivity index (χ3n) is 3.05. The molecule has 0 atom stereocenters. The van der Waals surface area contributed by atoms with E-state index < -0.39 is 0 Å². The maximum atomic E-state index is 5.70. The molecule has 0 bridgehead atoms. The maximum absolute atomic E-state index is 5.70. The van der Waals surface area contributed by atoms with Crippen LogP contribution >= 0.6 is 0 Å². The fraction of sp³-hybridized carbons (Fsp3) is 0.625. The van der Waals surface area contributed by atoms with E-state index >= 15 is 0 Å². The Morgan fingerprint density at radius 3 is 2.37 bits per heavy atom. The number of ether oxygens (including phenoxy) is 1. The van der Waals surface area contributed by atoms with E-state index in [0.717, 1.165) is 32.0 Å². The van der Waals surface area contributed by atoms with Crippen molar-refractivity contribution in [1.82, 2.24) is 10.2 Å². The molecule has 0 amide bonds. The first-order chi connectivity index (χ1) is 9.09. The molecule has 108 valence electrons. The fourth-order valence-electron chi connectivity index (χ4n) is 1.84. The lowest BCUT2D eigenvalue weighted by atomic mass is 10.0. The van der Waals surface area contributed by atoms with Crippen molar-refractivity contribution in [3.63, 3.8) is 0 Å². The molecule has 1 aromatic rings. The molecule has 1 N–H and O–H groups in total. The van der Waals surface area contributed by atoms with E-state index in [0.29, 0.717) is 5.92 Å². The van der Waals surface area contributed by atoms with Crippen LogP contribution in [0, 0.1) is 0 Å². The van der Waals surface area contributed by atoms with Crippen LogP contribution in [-0.2, 0) is 0 Å². The van der Waals surface area contributed by atoms with Crippen molar-refractivity contribution >= 4 is 0 Å². The van der Waals surface area contributed by atoms with Gasteiger partial charge in [0.25, 0.3) is 0 Å². The van der Waals surface area contributed by atoms with Gasteiger partial charge in [0.05, 0.1) is 0 Å². The Morgan fingerprint density at radius 2 is 1.79 bits per heavy atom. The van der Waals surface area contributed by atoms with Gasteiger partial charge in [-0.3, -0.25) is 0 Å². The summed E-state index contributed by atoms with van der Waals surface area (Å²) in [4.78, 5) is 2.20. The van der Waals surface area contributed by atoms with E-state index in [9.17, 15) is 0 Å². The van der Waals surface area contributed by atoms with E-state index in [-0.39, 0.29) is 0 Å². The summed E-state index contributed by atoms with van der Waals surface area (Å²) in [7, 11) is 4.20. The number of benzene rings is 1. The van der Waals surface area contributed by atoms with E-state index in [1.807, 2.05) is 0 Å². The fourth-order valence-corrected chi connectivity index (χ4v) is 1.84. The zero-order valence-corrected chi connectivity index (χ0v) is 12.8. The molecule has 0 saturated carbocycles. The highest BCUT2D eigenvalue weighted by atomic mass is 16.5. The molecule has 1 aromatic carbocycles.